The number of likely N-dealkylation sites (N-methyl/N-ethyl adjacent to an activating group) is 1. The smallest absolute Gasteiger partial charge is 0.245 e. The van der Waals surface area contributed by atoms with Gasteiger partial charge in [-0.3, -0.25) is 9.36 Å². The minimum atomic E-state index is -0.307. The van der Waals surface area contributed by atoms with Crippen molar-refractivity contribution in [2.45, 2.75) is 12.5 Å². The van der Waals surface area contributed by atoms with Gasteiger partial charge >= 0.3 is 0 Å². The van der Waals surface area contributed by atoms with Crippen molar-refractivity contribution < 1.29 is 14.3 Å². The zero-order valence-corrected chi connectivity index (χ0v) is 12.3. The van der Waals surface area contributed by atoms with Crippen LogP contribution in [-0.2, 0) is 4.79 Å². The molecule has 1 fully saturated rings. The normalized spacial score (nSPS) is 18.5. The predicted molar refractivity (Wildman–Crippen MR) is 78.5 cm³/mol. The van der Waals surface area contributed by atoms with Crippen LogP contribution in [0, 0.1) is 0 Å². The molecule has 0 saturated carbocycles. The molecule has 2 N–H and O–H groups in total. The molecule has 1 unspecified atom stereocenters. The second-order valence-corrected chi connectivity index (χ2v) is 5.10. The fourth-order valence-electron chi connectivity index (χ4n) is 2.81. The van der Waals surface area contributed by atoms with Gasteiger partial charge in [0.1, 0.15) is 6.04 Å². The first-order valence-corrected chi connectivity index (χ1v) is 6.71. The van der Waals surface area contributed by atoms with Crippen LogP contribution in [0.15, 0.2) is 12.1 Å². The van der Waals surface area contributed by atoms with Crippen molar-refractivity contribution in [1.29, 1.82) is 0 Å². The molecule has 1 amide bonds. The lowest BCUT2D eigenvalue weighted by atomic mass is 10.2. The van der Waals surface area contributed by atoms with Gasteiger partial charge in [-0.1, -0.05) is 0 Å². The number of anilines is 1. The van der Waals surface area contributed by atoms with Crippen LogP contribution in [0.1, 0.15) is 12.5 Å². The minimum Gasteiger partial charge on any atom is -0.493 e. The molecule has 1 aromatic heterocycles. The SMILES string of the molecule is COc1cc2nc(N)n(C3CCN(C)C3=O)c2cc1OC. The van der Waals surface area contributed by atoms with E-state index in [9.17, 15) is 4.79 Å². The standard InChI is InChI=1S/C14H18N4O3/c1-17-5-4-9(13(17)19)18-10-7-12(21-3)11(20-2)6-8(10)16-14(18)15/h6-7,9H,4-5H2,1-3H3,(H2,15,16). The van der Waals surface area contributed by atoms with Gasteiger partial charge < -0.3 is 20.1 Å². The third kappa shape index (κ3) is 1.96. The molecule has 3 rings (SSSR count). The first kappa shape index (κ1) is 13.5. The molecular formula is C14H18N4O3. The number of benzene rings is 1. The van der Waals surface area contributed by atoms with Crippen LogP contribution in [0.3, 0.4) is 0 Å². The molecule has 2 heterocycles. The summed E-state index contributed by atoms with van der Waals surface area (Å²) < 4.78 is 12.4. The highest BCUT2D eigenvalue weighted by atomic mass is 16.5. The molecule has 1 saturated heterocycles. The zero-order chi connectivity index (χ0) is 15.1. The lowest BCUT2D eigenvalue weighted by Gasteiger charge is -2.15. The maximum absolute atomic E-state index is 12.2. The van der Waals surface area contributed by atoms with Gasteiger partial charge in [0.05, 0.1) is 25.3 Å². The summed E-state index contributed by atoms with van der Waals surface area (Å²) in [5, 5.41) is 0. The number of hydrogen-bond acceptors (Lipinski definition) is 5. The molecule has 0 aliphatic carbocycles. The number of imidazole rings is 1. The van der Waals surface area contributed by atoms with E-state index in [4.69, 9.17) is 15.2 Å². The Balaban J connectivity index is 2.19. The Hall–Kier alpha value is -2.44. The molecular weight excluding hydrogens is 272 g/mol. The van der Waals surface area contributed by atoms with Crippen LogP contribution in [-0.4, -0.2) is 48.2 Å². The maximum atomic E-state index is 12.2. The van der Waals surface area contributed by atoms with Crippen LogP contribution in [0.25, 0.3) is 11.0 Å². The summed E-state index contributed by atoms with van der Waals surface area (Å²) in [6.45, 7) is 0.718. The van der Waals surface area contributed by atoms with E-state index in [2.05, 4.69) is 4.98 Å². The van der Waals surface area contributed by atoms with Crippen molar-refractivity contribution in [3.63, 3.8) is 0 Å². The van der Waals surface area contributed by atoms with E-state index < -0.39 is 0 Å². The van der Waals surface area contributed by atoms with E-state index in [1.165, 1.54) is 0 Å². The van der Waals surface area contributed by atoms with Crippen LogP contribution < -0.4 is 15.2 Å². The van der Waals surface area contributed by atoms with Crippen molar-refractivity contribution in [2.75, 3.05) is 33.5 Å². The number of rotatable bonds is 3. The molecule has 1 aromatic carbocycles. The van der Waals surface area contributed by atoms with E-state index in [0.717, 1.165) is 18.5 Å². The highest BCUT2D eigenvalue weighted by Crippen LogP contribution is 2.36. The molecule has 2 aromatic rings. The summed E-state index contributed by atoms with van der Waals surface area (Å²) in [6, 6.07) is 3.27. The summed E-state index contributed by atoms with van der Waals surface area (Å²) >= 11 is 0. The summed E-state index contributed by atoms with van der Waals surface area (Å²) in [6.07, 6.45) is 0.722. The summed E-state index contributed by atoms with van der Waals surface area (Å²) in [5.74, 6) is 1.55. The predicted octanol–water partition coefficient (Wildman–Crippen LogP) is 1.04. The Kier molecular flexibility index (Phi) is 3.12. The molecule has 0 spiro atoms. The number of fused-ring (bicyclic) bond motifs is 1. The molecule has 1 atom stereocenters. The summed E-state index contributed by atoms with van der Waals surface area (Å²) in [7, 11) is 4.93. The number of nitrogens with two attached hydrogens (primary N) is 1. The number of carbonyl (C=O) groups is 1. The molecule has 1 aliphatic rings. The number of nitrogen functional groups attached to an aromatic ring is 1. The number of nitrogens with zero attached hydrogens (tertiary/aromatic N) is 3. The van der Waals surface area contributed by atoms with E-state index in [1.807, 2.05) is 6.07 Å². The first-order chi connectivity index (χ1) is 10.1. The Morgan fingerprint density at radius 1 is 1.29 bits per heavy atom. The number of amides is 1. The monoisotopic (exact) mass is 290 g/mol. The molecule has 0 bridgehead atoms. The first-order valence-electron chi connectivity index (χ1n) is 6.71. The second kappa shape index (κ2) is 4.83. The lowest BCUT2D eigenvalue weighted by Crippen LogP contribution is -2.25. The van der Waals surface area contributed by atoms with Gasteiger partial charge in [0.2, 0.25) is 11.9 Å². The third-order valence-corrected chi connectivity index (χ3v) is 3.93. The highest BCUT2D eigenvalue weighted by molar-refractivity contribution is 5.88. The number of aromatic nitrogens is 2. The molecule has 112 valence electrons. The Morgan fingerprint density at radius 2 is 1.95 bits per heavy atom. The van der Waals surface area contributed by atoms with Crippen molar-refractivity contribution in [2.24, 2.45) is 0 Å². The number of methoxy groups -OCH3 is 2. The fourth-order valence-corrected chi connectivity index (χ4v) is 2.81. The quantitative estimate of drug-likeness (QED) is 0.913. The molecule has 7 nitrogen and oxygen atoms in total. The molecule has 7 heteroatoms. The molecule has 21 heavy (non-hydrogen) atoms. The highest BCUT2D eigenvalue weighted by Gasteiger charge is 2.33. The van der Waals surface area contributed by atoms with Gasteiger partial charge in [-0.05, 0) is 6.42 Å². The van der Waals surface area contributed by atoms with Crippen molar-refractivity contribution in [1.82, 2.24) is 14.5 Å². The maximum Gasteiger partial charge on any atom is 0.245 e. The van der Waals surface area contributed by atoms with E-state index in [-0.39, 0.29) is 11.9 Å². The number of ether oxygens (including phenoxy) is 2. The van der Waals surface area contributed by atoms with E-state index >= 15 is 0 Å². The fraction of sp³-hybridized carbons (Fsp3) is 0.429. The Bertz CT molecular complexity index is 710. The Labute approximate surface area is 122 Å². The van der Waals surface area contributed by atoms with Gasteiger partial charge in [0.15, 0.2) is 11.5 Å². The van der Waals surface area contributed by atoms with Gasteiger partial charge in [-0.2, -0.15) is 0 Å². The molecule has 1 aliphatic heterocycles. The average molecular weight is 290 g/mol. The topological polar surface area (TPSA) is 82.6 Å². The second-order valence-electron chi connectivity index (χ2n) is 5.10. The number of hydrogen-bond donors (Lipinski definition) is 1. The van der Waals surface area contributed by atoms with E-state index in [0.29, 0.717) is 23.0 Å². The number of carbonyl (C=O) groups excluding carboxylic acids is 1. The molecule has 0 radical (unpaired) electrons. The van der Waals surface area contributed by atoms with Crippen LogP contribution in [0.5, 0.6) is 11.5 Å². The minimum absolute atomic E-state index is 0.0517. The zero-order valence-electron chi connectivity index (χ0n) is 12.3. The summed E-state index contributed by atoms with van der Waals surface area (Å²) in [5.41, 5.74) is 7.49. The average Bonchev–Trinajstić information content (AvgIpc) is 2.97. The van der Waals surface area contributed by atoms with Crippen molar-refractivity contribution in [3.8, 4) is 11.5 Å². The van der Waals surface area contributed by atoms with Gasteiger partial charge in [-0.25, -0.2) is 4.98 Å². The van der Waals surface area contributed by atoms with Gasteiger partial charge in [-0.15, -0.1) is 0 Å². The van der Waals surface area contributed by atoms with E-state index in [1.54, 1.807) is 36.8 Å². The largest absolute Gasteiger partial charge is 0.493 e. The third-order valence-electron chi connectivity index (χ3n) is 3.93. The van der Waals surface area contributed by atoms with Gasteiger partial charge in [0, 0.05) is 25.7 Å². The Morgan fingerprint density at radius 3 is 2.52 bits per heavy atom. The van der Waals surface area contributed by atoms with Crippen LogP contribution in [0.2, 0.25) is 0 Å². The van der Waals surface area contributed by atoms with Crippen molar-refractivity contribution >= 4 is 22.9 Å². The van der Waals surface area contributed by atoms with Crippen molar-refractivity contribution in [3.05, 3.63) is 12.1 Å². The van der Waals surface area contributed by atoms with Crippen LogP contribution in [0.4, 0.5) is 5.95 Å². The van der Waals surface area contributed by atoms with Gasteiger partial charge in [0.25, 0.3) is 0 Å². The number of likely N-dealkylation sites (tertiary alicyclic amines) is 1. The lowest BCUT2D eigenvalue weighted by molar-refractivity contribution is -0.129. The summed E-state index contributed by atoms with van der Waals surface area (Å²) in [4.78, 5) is 18.3. The van der Waals surface area contributed by atoms with Crippen LogP contribution >= 0.6 is 0 Å².